The maximum atomic E-state index is 13.0. The van der Waals surface area contributed by atoms with E-state index in [1.54, 1.807) is 30.3 Å². The third-order valence-electron chi connectivity index (χ3n) is 5.05. The SMILES string of the molecule is O=C1NC(=O)N(c2ccc(Cl)c(Cl)c2)C(=O)/C1=C/c1ccc(OCc2cccc([N+](=O)[O-])c2)c(Br)c1. The zero-order valence-corrected chi connectivity index (χ0v) is 21.1. The van der Waals surface area contributed by atoms with Gasteiger partial charge in [-0.15, -0.1) is 0 Å². The second-order valence-corrected chi connectivity index (χ2v) is 9.13. The first-order valence-corrected chi connectivity index (χ1v) is 11.7. The molecule has 36 heavy (non-hydrogen) atoms. The molecule has 0 radical (unpaired) electrons. The van der Waals surface area contributed by atoms with Crippen LogP contribution < -0.4 is 15.0 Å². The minimum absolute atomic E-state index is 0.0408. The molecule has 1 N–H and O–H groups in total. The highest BCUT2D eigenvalue weighted by Crippen LogP contribution is 2.31. The fourth-order valence-electron chi connectivity index (χ4n) is 3.33. The van der Waals surface area contributed by atoms with Crippen molar-refractivity contribution in [1.82, 2.24) is 5.32 Å². The Morgan fingerprint density at radius 2 is 1.81 bits per heavy atom. The third kappa shape index (κ3) is 5.40. The highest BCUT2D eigenvalue weighted by molar-refractivity contribution is 9.10. The summed E-state index contributed by atoms with van der Waals surface area (Å²) < 4.78 is 6.26. The molecule has 1 aliphatic rings. The lowest BCUT2D eigenvalue weighted by Gasteiger charge is -2.26. The summed E-state index contributed by atoms with van der Waals surface area (Å²) in [5, 5.41) is 13.5. The number of rotatable bonds is 6. The number of imide groups is 2. The summed E-state index contributed by atoms with van der Waals surface area (Å²) in [5.41, 5.74) is 0.931. The Labute approximate surface area is 222 Å². The van der Waals surface area contributed by atoms with Crippen molar-refractivity contribution in [2.75, 3.05) is 4.90 Å². The van der Waals surface area contributed by atoms with Gasteiger partial charge in [0.1, 0.15) is 17.9 Å². The average molecular weight is 591 g/mol. The normalized spacial score (nSPS) is 14.7. The molecule has 4 rings (SSSR count). The summed E-state index contributed by atoms with van der Waals surface area (Å²) in [6, 6.07) is 14.2. The van der Waals surface area contributed by atoms with E-state index in [1.807, 2.05) is 0 Å². The molecule has 0 spiro atoms. The standard InChI is InChI=1S/C24H14BrCl2N3O6/c25-18-10-13(4-7-21(18)36-12-14-2-1-3-16(8-14)30(34)35)9-17-22(31)28-24(33)29(23(17)32)15-5-6-19(26)20(27)11-15/h1-11H,12H2,(H,28,31,33)/b17-9+. The van der Waals surface area contributed by atoms with Crippen molar-refractivity contribution in [2.45, 2.75) is 6.61 Å². The van der Waals surface area contributed by atoms with Gasteiger partial charge in [0.05, 0.1) is 25.1 Å². The van der Waals surface area contributed by atoms with Gasteiger partial charge >= 0.3 is 6.03 Å². The number of nitrogens with zero attached hydrogens (tertiary/aromatic N) is 2. The van der Waals surface area contributed by atoms with Gasteiger partial charge in [-0.05, 0) is 63.5 Å². The van der Waals surface area contributed by atoms with E-state index >= 15 is 0 Å². The van der Waals surface area contributed by atoms with Crippen molar-refractivity contribution >= 4 is 74.4 Å². The van der Waals surface area contributed by atoms with E-state index < -0.39 is 22.8 Å². The number of ether oxygens (including phenoxy) is 1. The van der Waals surface area contributed by atoms with Crippen molar-refractivity contribution < 1.29 is 24.0 Å². The number of hydrogen-bond donors (Lipinski definition) is 1. The predicted molar refractivity (Wildman–Crippen MR) is 137 cm³/mol. The number of barbiturate groups is 1. The zero-order chi connectivity index (χ0) is 26.0. The second kappa shape index (κ2) is 10.5. The van der Waals surface area contributed by atoms with Gasteiger partial charge in [-0.3, -0.25) is 25.0 Å². The first-order valence-electron chi connectivity index (χ1n) is 10.2. The van der Waals surface area contributed by atoms with Crippen LogP contribution in [0.1, 0.15) is 11.1 Å². The Morgan fingerprint density at radius 3 is 2.50 bits per heavy atom. The fraction of sp³-hybridized carbons (Fsp3) is 0.0417. The van der Waals surface area contributed by atoms with Crippen LogP contribution in [0.15, 0.2) is 70.7 Å². The predicted octanol–water partition coefficient (Wildman–Crippen LogP) is 5.91. The lowest BCUT2D eigenvalue weighted by molar-refractivity contribution is -0.384. The third-order valence-corrected chi connectivity index (χ3v) is 6.40. The smallest absolute Gasteiger partial charge is 0.335 e. The summed E-state index contributed by atoms with van der Waals surface area (Å²) in [6.07, 6.45) is 1.34. The van der Waals surface area contributed by atoms with E-state index in [2.05, 4.69) is 21.2 Å². The molecule has 3 aromatic rings. The van der Waals surface area contributed by atoms with Gasteiger partial charge in [0.2, 0.25) is 0 Å². The molecule has 3 aromatic carbocycles. The number of nitro benzene ring substituents is 1. The van der Waals surface area contributed by atoms with Gasteiger partial charge in [0.15, 0.2) is 0 Å². The molecule has 12 heteroatoms. The average Bonchev–Trinajstić information content (AvgIpc) is 2.83. The molecule has 0 aliphatic carbocycles. The quantitative estimate of drug-likeness (QED) is 0.165. The van der Waals surface area contributed by atoms with Crippen LogP contribution in [0.5, 0.6) is 5.75 Å². The van der Waals surface area contributed by atoms with Crippen LogP contribution in [0.2, 0.25) is 10.0 Å². The second-order valence-electron chi connectivity index (χ2n) is 7.46. The largest absolute Gasteiger partial charge is 0.488 e. The van der Waals surface area contributed by atoms with Crippen LogP contribution in [-0.2, 0) is 16.2 Å². The number of anilines is 1. The van der Waals surface area contributed by atoms with E-state index in [9.17, 15) is 24.5 Å². The summed E-state index contributed by atoms with van der Waals surface area (Å²) in [4.78, 5) is 49.1. The molecule has 0 saturated carbocycles. The van der Waals surface area contributed by atoms with Crippen LogP contribution in [0, 0.1) is 10.1 Å². The van der Waals surface area contributed by atoms with E-state index in [4.69, 9.17) is 27.9 Å². The molecule has 182 valence electrons. The highest BCUT2D eigenvalue weighted by Gasteiger charge is 2.37. The van der Waals surface area contributed by atoms with E-state index in [1.165, 1.54) is 36.4 Å². The lowest BCUT2D eigenvalue weighted by atomic mass is 10.1. The summed E-state index contributed by atoms with van der Waals surface area (Å²) >= 11 is 15.3. The maximum absolute atomic E-state index is 13.0. The van der Waals surface area contributed by atoms with Gasteiger partial charge in [-0.2, -0.15) is 0 Å². The summed E-state index contributed by atoms with van der Waals surface area (Å²) in [6.45, 7) is 0.0856. The van der Waals surface area contributed by atoms with Gasteiger partial charge in [-0.25, -0.2) is 9.69 Å². The Morgan fingerprint density at radius 1 is 1.03 bits per heavy atom. The summed E-state index contributed by atoms with van der Waals surface area (Å²) in [7, 11) is 0. The molecule has 9 nitrogen and oxygen atoms in total. The minimum atomic E-state index is -0.911. The van der Waals surface area contributed by atoms with Gasteiger partial charge < -0.3 is 4.74 Å². The Kier molecular flexibility index (Phi) is 7.39. The molecule has 0 atom stereocenters. The topological polar surface area (TPSA) is 119 Å². The first kappa shape index (κ1) is 25.4. The number of nitrogens with one attached hydrogen (secondary N) is 1. The molecule has 1 heterocycles. The molecule has 1 aliphatic heterocycles. The van der Waals surface area contributed by atoms with E-state index in [0.717, 1.165) is 4.90 Å². The van der Waals surface area contributed by atoms with Crippen molar-refractivity contribution in [3.8, 4) is 5.75 Å². The maximum Gasteiger partial charge on any atom is 0.335 e. The van der Waals surface area contributed by atoms with Gasteiger partial charge in [0.25, 0.3) is 17.5 Å². The van der Waals surface area contributed by atoms with Crippen molar-refractivity contribution in [2.24, 2.45) is 0 Å². The van der Waals surface area contributed by atoms with Crippen LogP contribution in [0.4, 0.5) is 16.2 Å². The number of carbonyl (C=O) groups is 3. The number of halogens is 3. The van der Waals surface area contributed by atoms with Crippen LogP contribution in [0.3, 0.4) is 0 Å². The zero-order valence-electron chi connectivity index (χ0n) is 18.0. The van der Waals surface area contributed by atoms with Crippen molar-refractivity contribution in [3.63, 3.8) is 0 Å². The number of non-ortho nitro benzene ring substituents is 1. The molecular formula is C24H14BrCl2N3O6. The molecule has 1 saturated heterocycles. The Balaban J connectivity index is 1.55. The van der Waals surface area contributed by atoms with E-state index in [-0.39, 0.29) is 33.6 Å². The van der Waals surface area contributed by atoms with Gasteiger partial charge in [-0.1, -0.05) is 41.4 Å². The molecule has 0 bridgehead atoms. The van der Waals surface area contributed by atoms with Crippen LogP contribution >= 0.6 is 39.1 Å². The number of benzene rings is 3. The van der Waals surface area contributed by atoms with Crippen molar-refractivity contribution in [1.29, 1.82) is 0 Å². The number of urea groups is 1. The Bertz CT molecular complexity index is 1460. The van der Waals surface area contributed by atoms with Crippen LogP contribution in [0.25, 0.3) is 6.08 Å². The van der Waals surface area contributed by atoms with Gasteiger partial charge in [0, 0.05) is 12.1 Å². The Hall–Kier alpha value is -3.73. The number of nitro groups is 1. The van der Waals surface area contributed by atoms with E-state index in [0.29, 0.717) is 21.3 Å². The number of amides is 4. The monoisotopic (exact) mass is 589 g/mol. The van der Waals surface area contributed by atoms with Crippen molar-refractivity contribution in [3.05, 3.63) is 102 Å². The highest BCUT2D eigenvalue weighted by atomic mass is 79.9. The minimum Gasteiger partial charge on any atom is -0.488 e. The summed E-state index contributed by atoms with van der Waals surface area (Å²) in [5.74, 6) is -1.23. The molecular weight excluding hydrogens is 577 g/mol. The van der Waals surface area contributed by atoms with Crippen LogP contribution in [-0.4, -0.2) is 22.8 Å². The molecule has 4 amide bonds. The fourth-order valence-corrected chi connectivity index (χ4v) is 4.13. The molecule has 0 unspecified atom stereocenters. The molecule has 1 fully saturated rings. The number of hydrogen-bond acceptors (Lipinski definition) is 6. The number of carbonyl (C=O) groups excluding carboxylic acids is 3. The molecule has 0 aromatic heterocycles. The first-order chi connectivity index (χ1) is 17.1. The lowest BCUT2D eigenvalue weighted by Crippen LogP contribution is -2.54.